The lowest BCUT2D eigenvalue weighted by atomic mass is 10.1. The molecular formula is C20H32N4O2. The van der Waals surface area contributed by atoms with Crippen molar-refractivity contribution in [3.63, 3.8) is 0 Å². The van der Waals surface area contributed by atoms with E-state index < -0.39 is 0 Å². The van der Waals surface area contributed by atoms with Crippen LogP contribution in [0.2, 0.25) is 0 Å². The maximum Gasteiger partial charge on any atom is 0.191 e. The van der Waals surface area contributed by atoms with Gasteiger partial charge in [0, 0.05) is 57.2 Å². The Morgan fingerprint density at radius 3 is 2.77 bits per heavy atom. The molecule has 3 heterocycles. The zero-order valence-electron chi connectivity index (χ0n) is 15.7. The van der Waals surface area contributed by atoms with E-state index >= 15 is 0 Å². The van der Waals surface area contributed by atoms with E-state index in [1.807, 2.05) is 12.1 Å². The molecule has 0 spiro atoms. The Balaban J connectivity index is 1.26. The summed E-state index contributed by atoms with van der Waals surface area (Å²) in [6, 6.07) is 5.38. The summed E-state index contributed by atoms with van der Waals surface area (Å²) in [5.74, 6) is 2.53. The molecule has 144 valence electrons. The second-order valence-corrected chi connectivity index (χ2v) is 7.86. The van der Waals surface area contributed by atoms with Crippen molar-refractivity contribution >= 4 is 5.96 Å². The second-order valence-electron chi connectivity index (χ2n) is 7.86. The van der Waals surface area contributed by atoms with Crippen molar-refractivity contribution in [2.24, 2.45) is 10.9 Å². The van der Waals surface area contributed by atoms with E-state index in [0.717, 1.165) is 56.9 Å². The van der Waals surface area contributed by atoms with E-state index in [0.29, 0.717) is 12.0 Å². The van der Waals surface area contributed by atoms with Crippen LogP contribution in [0.3, 0.4) is 0 Å². The van der Waals surface area contributed by atoms with Crippen LogP contribution in [0.1, 0.15) is 37.9 Å². The molecular weight excluding hydrogens is 328 g/mol. The second kappa shape index (κ2) is 8.91. The first kappa shape index (κ1) is 17.9. The molecule has 1 aliphatic carbocycles. The van der Waals surface area contributed by atoms with Crippen LogP contribution >= 0.6 is 0 Å². The summed E-state index contributed by atoms with van der Waals surface area (Å²) < 4.78 is 10.9. The Morgan fingerprint density at radius 2 is 2.08 bits per heavy atom. The molecule has 2 N–H and O–H groups in total. The fraction of sp³-hybridized carbons (Fsp3) is 0.750. The lowest BCUT2D eigenvalue weighted by molar-refractivity contribution is 0.187. The van der Waals surface area contributed by atoms with Gasteiger partial charge in [-0.05, 0) is 44.2 Å². The van der Waals surface area contributed by atoms with E-state index in [-0.39, 0.29) is 0 Å². The molecule has 1 aromatic rings. The maximum absolute atomic E-state index is 5.48. The number of hydrogen-bond acceptors (Lipinski definition) is 4. The van der Waals surface area contributed by atoms with Gasteiger partial charge in [-0.3, -0.25) is 4.99 Å². The zero-order chi connectivity index (χ0) is 17.6. The highest BCUT2D eigenvalue weighted by molar-refractivity contribution is 5.80. The fourth-order valence-corrected chi connectivity index (χ4v) is 3.90. The number of nitrogens with one attached hydrogen (secondary N) is 2. The molecule has 0 radical (unpaired) electrons. The highest BCUT2D eigenvalue weighted by atomic mass is 16.5. The third kappa shape index (κ3) is 5.24. The van der Waals surface area contributed by atoms with E-state index in [4.69, 9.17) is 14.1 Å². The van der Waals surface area contributed by atoms with Gasteiger partial charge in [0.05, 0.1) is 12.9 Å². The number of hydrogen-bond donors (Lipinski definition) is 2. The third-order valence-electron chi connectivity index (χ3n) is 5.71. The van der Waals surface area contributed by atoms with E-state index in [1.54, 1.807) is 6.26 Å². The largest absolute Gasteiger partial charge is 0.469 e. The van der Waals surface area contributed by atoms with Gasteiger partial charge in [0.1, 0.15) is 5.76 Å². The lowest BCUT2D eigenvalue weighted by Gasteiger charge is -2.33. The summed E-state index contributed by atoms with van der Waals surface area (Å²) in [6.45, 7) is 5.85. The van der Waals surface area contributed by atoms with E-state index in [1.165, 1.54) is 38.8 Å². The normalized spacial score (nSPS) is 25.5. The van der Waals surface area contributed by atoms with Gasteiger partial charge in [-0.15, -0.1) is 0 Å². The first-order chi connectivity index (χ1) is 12.9. The molecule has 3 aliphatic rings. The SMILES string of the molecule is c1coc(CCNC(=NCC2CCOC2)NC2CCN(C3CC3)CC2)c1. The predicted molar refractivity (Wildman–Crippen MR) is 102 cm³/mol. The van der Waals surface area contributed by atoms with Crippen molar-refractivity contribution in [2.45, 2.75) is 50.6 Å². The van der Waals surface area contributed by atoms with Gasteiger partial charge in [0.25, 0.3) is 0 Å². The van der Waals surface area contributed by atoms with Crippen molar-refractivity contribution in [1.82, 2.24) is 15.5 Å². The number of piperidine rings is 1. The van der Waals surface area contributed by atoms with Crippen LogP contribution in [0.5, 0.6) is 0 Å². The Bertz CT molecular complexity index is 556. The molecule has 2 saturated heterocycles. The zero-order valence-corrected chi connectivity index (χ0v) is 15.7. The van der Waals surface area contributed by atoms with Crippen LogP contribution < -0.4 is 10.6 Å². The average molecular weight is 361 g/mol. The van der Waals surface area contributed by atoms with Gasteiger partial charge in [0.15, 0.2) is 5.96 Å². The molecule has 2 aliphatic heterocycles. The van der Waals surface area contributed by atoms with Crippen LogP contribution in [-0.2, 0) is 11.2 Å². The fourth-order valence-electron chi connectivity index (χ4n) is 3.90. The van der Waals surface area contributed by atoms with Crippen LogP contribution in [0.25, 0.3) is 0 Å². The number of aliphatic imine (C=N–C) groups is 1. The van der Waals surface area contributed by atoms with Crippen molar-refractivity contribution < 1.29 is 9.15 Å². The molecule has 0 bridgehead atoms. The molecule has 26 heavy (non-hydrogen) atoms. The molecule has 1 unspecified atom stereocenters. The van der Waals surface area contributed by atoms with Crippen LogP contribution in [0.15, 0.2) is 27.8 Å². The minimum Gasteiger partial charge on any atom is -0.469 e. The number of guanidine groups is 1. The smallest absolute Gasteiger partial charge is 0.191 e. The summed E-state index contributed by atoms with van der Waals surface area (Å²) in [7, 11) is 0. The molecule has 6 heteroatoms. The standard InChI is InChI=1S/C20H32N4O2/c1-2-19(26-12-1)5-9-21-20(22-14-16-8-13-25-15-16)23-17-6-10-24(11-7-17)18-3-4-18/h1-2,12,16-18H,3-11,13-15H2,(H2,21,22,23). The van der Waals surface area contributed by atoms with Gasteiger partial charge < -0.3 is 24.7 Å². The molecule has 4 rings (SSSR count). The Hall–Kier alpha value is -1.53. The van der Waals surface area contributed by atoms with Crippen LogP contribution in [-0.4, -0.2) is 62.3 Å². The molecule has 0 amide bonds. The van der Waals surface area contributed by atoms with Gasteiger partial charge in [-0.1, -0.05) is 0 Å². The van der Waals surface area contributed by atoms with E-state index in [2.05, 4.69) is 15.5 Å². The summed E-state index contributed by atoms with van der Waals surface area (Å²) in [4.78, 5) is 7.52. The number of ether oxygens (including phenoxy) is 1. The summed E-state index contributed by atoms with van der Waals surface area (Å²) >= 11 is 0. The summed E-state index contributed by atoms with van der Waals surface area (Å²) in [5, 5.41) is 7.18. The number of rotatable bonds is 7. The highest BCUT2D eigenvalue weighted by Crippen LogP contribution is 2.29. The highest BCUT2D eigenvalue weighted by Gasteiger charge is 2.31. The number of furan rings is 1. The van der Waals surface area contributed by atoms with E-state index in [9.17, 15) is 0 Å². The Kier molecular flexibility index (Phi) is 6.12. The molecule has 6 nitrogen and oxygen atoms in total. The van der Waals surface area contributed by atoms with Crippen molar-refractivity contribution in [1.29, 1.82) is 0 Å². The van der Waals surface area contributed by atoms with Crippen molar-refractivity contribution in [2.75, 3.05) is 39.4 Å². The summed E-state index contributed by atoms with van der Waals surface area (Å²) in [6.07, 6.45) is 8.97. The molecule has 3 fully saturated rings. The van der Waals surface area contributed by atoms with Gasteiger partial charge in [-0.25, -0.2) is 0 Å². The average Bonchev–Trinajstić information content (AvgIpc) is 3.15. The molecule has 1 atom stereocenters. The first-order valence-corrected chi connectivity index (χ1v) is 10.3. The minimum atomic E-state index is 0.527. The first-order valence-electron chi connectivity index (χ1n) is 10.3. The van der Waals surface area contributed by atoms with Crippen LogP contribution in [0, 0.1) is 5.92 Å². The third-order valence-corrected chi connectivity index (χ3v) is 5.71. The van der Waals surface area contributed by atoms with Crippen molar-refractivity contribution in [3.05, 3.63) is 24.2 Å². The number of likely N-dealkylation sites (tertiary alicyclic amines) is 1. The molecule has 0 aromatic carbocycles. The van der Waals surface area contributed by atoms with Gasteiger partial charge >= 0.3 is 0 Å². The van der Waals surface area contributed by atoms with Crippen LogP contribution in [0.4, 0.5) is 0 Å². The predicted octanol–water partition coefficient (Wildman–Crippen LogP) is 2.02. The minimum absolute atomic E-state index is 0.527. The molecule has 1 saturated carbocycles. The monoisotopic (exact) mass is 360 g/mol. The maximum atomic E-state index is 5.48. The van der Waals surface area contributed by atoms with Gasteiger partial charge in [-0.2, -0.15) is 0 Å². The topological polar surface area (TPSA) is 62.0 Å². The lowest BCUT2D eigenvalue weighted by Crippen LogP contribution is -2.49. The Labute approximate surface area is 156 Å². The number of nitrogens with zero attached hydrogens (tertiary/aromatic N) is 2. The van der Waals surface area contributed by atoms with Crippen molar-refractivity contribution in [3.8, 4) is 0 Å². The van der Waals surface area contributed by atoms with Gasteiger partial charge in [0.2, 0.25) is 0 Å². The Morgan fingerprint density at radius 1 is 1.19 bits per heavy atom. The quantitative estimate of drug-likeness (QED) is 0.575. The molecule has 1 aromatic heterocycles. The summed E-state index contributed by atoms with van der Waals surface area (Å²) in [5.41, 5.74) is 0.